The average Bonchev–Trinajstić information content (AvgIpc) is 3.25. The number of piperazine rings is 1. The number of nitro groups is 1. The molecule has 7 rings (SSSR count). The molecule has 1 aliphatic rings. The fourth-order valence-electron chi connectivity index (χ4n) is 7.25. The Bertz CT molecular complexity index is 2600. The Kier molecular flexibility index (Phi) is 14.0. The summed E-state index contributed by atoms with van der Waals surface area (Å²) in [6.07, 6.45) is 1.76. The molecule has 2 heterocycles. The van der Waals surface area contributed by atoms with Crippen LogP contribution < -0.4 is 14.9 Å². The van der Waals surface area contributed by atoms with Gasteiger partial charge >= 0.3 is 5.97 Å². The average molecular weight is 881 g/mol. The van der Waals surface area contributed by atoms with Crippen LogP contribution in [-0.4, -0.2) is 102 Å². The van der Waals surface area contributed by atoms with Crippen molar-refractivity contribution < 1.29 is 23.2 Å². The van der Waals surface area contributed by atoms with Gasteiger partial charge in [-0.3, -0.25) is 29.4 Å². The molecule has 1 atom stereocenters. The first-order valence-electron chi connectivity index (χ1n) is 19.6. The number of hydrogen-bond acceptors (Lipinski definition) is 12. The number of benzene rings is 5. The van der Waals surface area contributed by atoms with Gasteiger partial charge in [-0.15, -0.1) is 11.8 Å². The Labute approximate surface area is 363 Å². The lowest BCUT2D eigenvalue weighted by Gasteiger charge is -2.36. The zero-order valence-electron chi connectivity index (χ0n) is 33.4. The number of nitro benzene ring substituents is 1. The number of likely N-dealkylation sites (N-methyl/N-ethyl adjacent to an activating group) is 1. The summed E-state index contributed by atoms with van der Waals surface area (Å²) in [7, 11) is -2.64. The first-order chi connectivity index (χ1) is 29.4. The number of nitrogens with one attached hydrogen (secondary N) is 2. The minimum atomic E-state index is -4.33. The van der Waals surface area contributed by atoms with Gasteiger partial charge in [-0.2, -0.15) is 0 Å². The van der Waals surface area contributed by atoms with Gasteiger partial charge in [0.2, 0.25) is 0 Å². The third-order valence-electron chi connectivity index (χ3n) is 10.4. The van der Waals surface area contributed by atoms with E-state index in [0.717, 1.165) is 54.9 Å². The molecule has 1 aliphatic heterocycles. The van der Waals surface area contributed by atoms with Crippen molar-refractivity contribution in [2.45, 2.75) is 28.8 Å². The van der Waals surface area contributed by atoms with Gasteiger partial charge in [0.25, 0.3) is 15.7 Å². The number of sulfonamides is 1. The van der Waals surface area contributed by atoms with E-state index >= 15 is 0 Å². The number of anilines is 3. The molecule has 1 aromatic heterocycles. The summed E-state index contributed by atoms with van der Waals surface area (Å²) >= 11 is 7.69. The van der Waals surface area contributed by atoms with Crippen LogP contribution in [0.5, 0.6) is 0 Å². The van der Waals surface area contributed by atoms with E-state index in [1.165, 1.54) is 29.6 Å². The number of carbonyl (C=O) groups is 1. The van der Waals surface area contributed by atoms with Gasteiger partial charge in [-0.25, -0.2) is 18.4 Å². The number of hydrogen-bond donors (Lipinski definition) is 3. The number of aliphatic carboxylic acids is 1. The van der Waals surface area contributed by atoms with Crippen LogP contribution in [0.1, 0.15) is 12.0 Å². The molecule has 0 bridgehead atoms. The van der Waals surface area contributed by atoms with Crippen LogP contribution >= 0.6 is 23.4 Å². The molecule has 61 heavy (non-hydrogen) atoms. The fourth-order valence-corrected chi connectivity index (χ4v) is 9.42. The molecule has 0 radical (unpaired) electrons. The van der Waals surface area contributed by atoms with Crippen molar-refractivity contribution in [1.82, 2.24) is 19.8 Å². The number of carboxylic acid groups (broad SMARTS) is 1. The summed E-state index contributed by atoms with van der Waals surface area (Å²) in [4.78, 5) is 38.7. The highest BCUT2D eigenvalue weighted by molar-refractivity contribution is 7.99. The van der Waals surface area contributed by atoms with Crippen molar-refractivity contribution in [3.63, 3.8) is 0 Å². The topological polar surface area (TPSA) is 174 Å². The van der Waals surface area contributed by atoms with Crippen LogP contribution in [0.2, 0.25) is 5.02 Å². The Morgan fingerprint density at radius 3 is 2.43 bits per heavy atom. The second-order valence-electron chi connectivity index (χ2n) is 14.8. The smallest absolute Gasteiger partial charge is 0.317 e. The number of carboxylic acids is 1. The second kappa shape index (κ2) is 19.7. The number of thioether (sulfide) groups is 1. The lowest BCUT2D eigenvalue weighted by molar-refractivity contribution is -0.384. The number of fused-ring (bicyclic) bond motifs is 1. The summed E-state index contributed by atoms with van der Waals surface area (Å²) in [6.45, 7) is 4.35. The zero-order chi connectivity index (χ0) is 42.9. The molecule has 5 aromatic carbocycles. The monoisotopic (exact) mass is 880 g/mol. The minimum absolute atomic E-state index is 0.0501. The van der Waals surface area contributed by atoms with E-state index < -0.39 is 26.6 Å². The van der Waals surface area contributed by atoms with Crippen LogP contribution in [-0.2, 0) is 21.4 Å². The Balaban J connectivity index is 1.02. The Morgan fingerprint density at radius 2 is 1.69 bits per heavy atom. The van der Waals surface area contributed by atoms with E-state index in [9.17, 15) is 28.4 Å². The number of nitrogens with zero attached hydrogens (tertiary/aromatic N) is 6. The molecule has 0 saturated carbocycles. The first-order valence-corrected chi connectivity index (χ1v) is 22.5. The molecule has 0 spiro atoms. The minimum Gasteiger partial charge on any atom is -0.480 e. The fraction of sp³-hybridized carbons (Fsp3) is 0.250. The maximum absolute atomic E-state index is 13.8. The molecule has 14 nitrogen and oxygen atoms in total. The van der Waals surface area contributed by atoms with Crippen molar-refractivity contribution in [1.29, 1.82) is 0 Å². The van der Waals surface area contributed by atoms with Crippen molar-refractivity contribution in [3.8, 4) is 11.1 Å². The zero-order valence-corrected chi connectivity index (χ0v) is 35.7. The highest BCUT2D eigenvalue weighted by Crippen LogP contribution is 2.33. The highest BCUT2D eigenvalue weighted by Gasteiger charge is 2.25. The van der Waals surface area contributed by atoms with Crippen LogP contribution in [0, 0.1) is 10.1 Å². The maximum atomic E-state index is 13.8. The third-order valence-corrected chi connectivity index (χ3v) is 13.2. The highest BCUT2D eigenvalue weighted by atomic mass is 35.5. The van der Waals surface area contributed by atoms with Gasteiger partial charge in [0, 0.05) is 78.1 Å². The van der Waals surface area contributed by atoms with E-state index in [1.54, 1.807) is 29.8 Å². The van der Waals surface area contributed by atoms with E-state index in [1.807, 2.05) is 72.8 Å². The molecular weight excluding hydrogens is 836 g/mol. The van der Waals surface area contributed by atoms with Crippen molar-refractivity contribution in [2.24, 2.45) is 0 Å². The van der Waals surface area contributed by atoms with Gasteiger partial charge < -0.3 is 15.3 Å². The predicted octanol–water partition coefficient (Wildman–Crippen LogP) is 7.96. The van der Waals surface area contributed by atoms with E-state index in [0.29, 0.717) is 34.6 Å². The molecular formula is C44H45ClN8O6S2. The quantitative estimate of drug-likeness (QED) is 0.0432. The molecule has 3 N–H and O–H groups in total. The molecule has 0 amide bonds. The van der Waals surface area contributed by atoms with Crippen LogP contribution in [0.25, 0.3) is 22.0 Å². The molecule has 0 aliphatic carbocycles. The van der Waals surface area contributed by atoms with Gasteiger partial charge in [-0.05, 0) is 84.8 Å². The molecule has 1 fully saturated rings. The Morgan fingerprint density at radius 1 is 0.951 bits per heavy atom. The lowest BCUT2D eigenvalue weighted by Crippen LogP contribution is -2.46. The molecule has 316 valence electrons. The molecule has 1 saturated heterocycles. The predicted molar refractivity (Wildman–Crippen MR) is 242 cm³/mol. The van der Waals surface area contributed by atoms with Crippen molar-refractivity contribution in [2.75, 3.05) is 67.0 Å². The Hall–Kier alpha value is -5.78. The summed E-state index contributed by atoms with van der Waals surface area (Å²) < 4.78 is 30.1. The number of halogens is 1. The summed E-state index contributed by atoms with van der Waals surface area (Å²) in [6, 6.07) is 35.0. The first kappa shape index (κ1) is 43.3. The molecule has 17 heteroatoms. The van der Waals surface area contributed by atoms with Crippen LogP contribution in [0.15, 0.2) is 131 Å². The standard InChI is InChI=1S/C44H45ClN8O6S2/c1-50(28-43(54)55)20-19-34(29-60-36-8-3-2-4-9-36)48-40-18-16-37(26-42(40)53(56)57)61(58,59)49-44-39-17-15-35(25-41(39)46-30-47-44)52-23-21-51(22-24-52)27-32-7-5-6-10-38(32)31-11-13-33(45)14-12-31/h2-18,25-26,30,34,48H,19-24,27-29H2,1H3,(H,54,55)(H,46,47,49)/t34-/m1/s1. The summed E-state index contributed by atoms with van der Waals surface area (Å²) in [5.74, 6) is -0.390. The van der Waals surface area contributed by atoms with E-state index in [2.05, 4.69) is 48.0 Å². The van der Waals surface area contributed by atoms with Gasteiger partial charge in [0.05, 0.1) is 21.9 Å². The molecule has 0 unspecified atom stereocenters. The van der Waals surface area contributed by atoms with Gasteiger partial charge in [0.15, 0.2) is 5.82 Å². The largest absolute Gasteiger partial charge is 0.480 e. The lowest BCUT2D eigenvalue weighted by atomic mass is 9.99. The normalized spacial score (nSPS) is 13.9. The van der Waals surface area contributed by atoms with Gasteiger partial charge in [0.1, 0.15) is 12.0 Å². The molecule has 6 aromatic rings. The summed E-state index contributed by atoms with van der Waals surface area (Å²) in [5.41, 5.74) is 4.78. The summed E-state index contributed by atoms with van der Waals surface area (Å²) in [5, 5.41) is 26.0. The SMILES string of the molecule is CN(CC[C@H](CSc1ccccc1)Nc1ccc(S(=O)(=O)Nc2ncnc3cc(N4CCN(Cc5ccccc5-c5ccc(Cl)cc5)CC4)ccc23)cc1[N+](=O)[O-])CC(=O)O. The van der Waals surface area contributed by atoms with Crippen molar-refractivity contribution >= 4 is 73.1 Å². The van der Waals surface area contributed by atoms with Gasteiger partial charge in [-0.1, -0.05) is 66.2 Å². The second-order valence-corrected chi connectivity index (χ2v) is 18.0. The third kappa shape index (κ3) is 11.3. The number of aromatic nitrogens is 2. The maximum Gasteiger partial charge on any atom is 0.317 e. The van der Waals surface area contributed by atoms with Crippen LogP contribution in [0.3, 0.4) is 0 Å². The number of rotatable bonds is 18. The van der Waals surface area contributed by atoms with Crippen LogP contribution in [0.4, 0.5) is 22.9 Å². The van der Waals surface area contributed by atoms with Crippen molar-refractivity contribution in [3.05, 3.63) is 142 Å². The van der Waals surface area contributed by atoms with E-state index in [4.69, 9.17) is 11.6 Å². The van der Waals surface area contributed by atoms with E-state index in [-0.39, 0.29) is 29.0 Å².